The lowest BCUT2D eigenvalue weighted by molar-refractivity contribution is 0.373. The van der Waals surface area contributed by atoms with E-state index in [2.05, 4.69) is 0 Å². The van der Waals surface area contributed by atoms with E-state index in [1.165, 1.54) is 21.3 Å². The van der Waals surface area contributed by atoms with Gasteiger partial charge in [0.2, 0.25) is 0 Å². The van der Waals surface area contributed by atoms with Gasteiger partial charge in [-0.1, -0.05) is 0 Å². The van der Waals surface area contributed by atoms with Gasteiger partial charge in [0.25, 0.3) is 0 Å². The van der Waals surface area contributed by atoms with Crippen LogP contribution in [-0.4, -0.2) is 36.6 Å². The van der Waals surface area contributed by atoms with E-state index < -0.39 is 0 Å². The van der Waals surface area contributed by atoms with Gasteiger partial charge in [-0.2, -0.15) is 0 Å². The summed E-state index contributed by atoms with van der Waals surface area (Å²) in [7, 11) is 4.47. The standard InChI is InChI=1S/C22H20O6/c1-26-20-6-12-4-11-5-17(23)21(27-2)9-14(11)15-8-19(25)22(28-3)10-16(15)13(12)7-18(20)24/h5-10,23-25H,4H2,1-3H3. The minimum Gasteiger partial charge on any atom is -0.504 e. The first-order chi connectivity index (χ1) is 13.5. The van der Waals surface area contributed by atoms with Crippen LogP contribution < -0.4 is 14.2 Å². The smallest absolute Gasteiger partial charge is 0.161 e. The number of benzene rings is 3. The van der Waals surface area contributed by atoms with E-state index in [0.29, 0.717) is 23.7 Å². The van der Waals surface area contributed by atoms with Gasteiger partial charge in [0.1, 0.15) is 0 Å². The highest BCUT2D eigenvalue weighted by atomic mass is 16.5. The molecule has 144 valence electrons. The van der Waals surface area contributed by atoms with Crippen molar-refractivity contribution >= 4 is 0 Å². The zero-order chi connectivity index (χ0) is 20.0. The third kappa shape index (κ3) is 2.65. The average Bonchev–Trinajstić information content (AvgIpc) is 2.80. The van der Waals surface area contributed by atoms with Crippen LogP contribution in [0.15, 0.2) is 36.4 Å². The van der Waals surface area contributed by atoms with E-state index in [-0.39, 0.29) is 17.2 Å². The van der Waals surface area contributed by atoms with Crippen LogP contribution in [0.4, 0.5) is 0 Å². The van der Waals surface area contributed by atoms with Crippen molar-refractivity contribution in [1.29, 1.82) is 0 Å². The maximum Gasteiger partial charge on any atom is 0.161 e. The number of phenolic OH excluding ortho intramolecular Hbond substituents is 3. The first kappa shape index (κ1) is 17.9. The van der Waals surface area contributed by atoms with Gasteiger partial charge < -0.3 is 29.5 Å². The quantitative estimate of drug-likeness (QED) is 0.497. The highest BCUT2D eigenvalue weighted by Crippen LogP contribution is 2.49. The summed E-state index contributed by atoms with van der Waals surface area (Å²) in [5, 5.41) is 31.0. The summed E-state index contributed by atoms with van der Waals surface area (Å²) >= 11 is 0. The molecule has 28 heavy (non-hydrogen) atoms. The van der Waals surface area contributed by atoms with Gasteiger partial charge in [-0.3, -0.25) is 0 Å². The molecule has 0 heterocycles. The molecule has 0 spiro atoms. The van der Waals surface area contributed by atoms with Gasteiger partial charge in [0, 0.05) is 0 Å². The molecule has 1 aliphatic carbocycles. The highest BCUT2D eigenvalue weighted by Gasteiger charge is 2.25. The van der Waals surface area contributed by atoms with Crippen LogP contribution in [0.5, 0.6) is 34.5 Å². The van der Waals surface area contributed by atoms with Crippen molar-refractivity contribution in [2.75, 3.05) is 21.3 Å². The molecule has 6 heteroatoms. The van der Waals surface area contributed by atoms with Gasteiger partial charge in [0.15, 0.2) is 34.5 Å². The summed E-state index contributed by atoms with van der Waals surface area (Å²) in [6.07, 6.45) is 0.497. The SMILES string of the molecule is COc1cc2c(cc1O)-c1cc(OC)c(O)cc1-c1cc(OC)c(O)cc1C2. The van der Waals surface area contributed by atoms with Gasteiger partial charge in [0.05, 0.1) is 21.3 Å². The fourth-order valence-electron chi connectivity index (χ4n) is 3.73. The largest absolute Gasteiger partial charge is 0.504 e. The number of hydrogen-bond donors (Lipinski definition) is 3. The van der Waals surface area contributed by atoms with Gasteiger partial charge >= 0.3 is 0 Å². The van der Waals surface area contributed by atoms with Crippen LogP contribution in [-0.2, 0) is 6.42 Å². The van der Waals surface area contributed by atoms with Gasteiger partial charge in [-0.15, -0.1) is 0 Å². The Morgan fingerprint density at radius 1 is 0.536 bits per heavy atom. The first-order valence-electron chi connectivity index (χ1n) is 8.68. The maximum absolute atomic E-state index is 10.4. The summed E-state index contributed by atoms with van der Waals surface area (Å²) in [6.45, 7) is 0. The Morgan fingerprint density at radius 2 is 0.929 bits per heavy atom. The maximum atomic E-state index is 10.4. The summed E-state index contributed by atoms with van der Waals surface area (Å²) in [4.78, 5) is 0. The monoisotopic (exact) mass is 380 g/mol. The molecule has 3 aromatic rings. The number of hydrogen-bond acceptors (Lipinski definition) is 6. The lowest BCUT2D eigenvalue weighted by Crippen LogP contribution is -1.94. The van der Waals surface area contributed by atoms with E-state index in [1.807, 2.05) is 0 Å². The number of ether oxygens (including phenoxy) is 3. The van der Waals surface area contributed by atoms with Gasteiger partial charge in [-0.05, 0) is 76.2 Å². The Morgan fingerprint density at radius 3 is 1.54 bits per heavy atom. The molecule has 0 radical (unpaired) electrons. The summed E-state index contributed by atoms with van der Waals surface area (Å²) in [5.41, 5.74) is 4.91. The van der Waals surface area contributed by atoms with E-state index in [9.17, 15) is 15.3 Å². The van der Waals surface area contributed by atoms with Crippen LogP contribution in [0, 0.1) is 0 Å². The Labute approximate surface area is 162 Å². The van der Waals surface area contributed by atoms with Crippen molar-refractivity contribution in [2.45, 2.75) is 6.42 Å². The molecular weight excluding hydrogens is 360 g/mol. The van der Waals surface area contributed by atoms with Crippen molar-refractivity contribution in [3.8, 4) is 56.8 Å². The molecule has 0 aliphatic heterocycles. The van der Waals surface area contributed by atoms with Crippen LogP contribution in [0.2, 0.25) is 0 Å². The average molecular weight is 380 g/mol. The van der Waals surface area contributed by atoms with Crippen molar-refractivity contribution < 1.29 is 29.5 Å². The molecule has 0 amide bonds. The first-order valence-corrected chi connectivity index (χ1v) is 8.68. The second-order valence-corrected chi connectivity index (χ2v) is 6.61. The van der Waals surface area contributed by atoms with Crippen LogP contribution in [0.1, 0.15) is 11.1 Å². The number of phenols is 3. The van der Waals surface area contributed by atoms with E-state index in [0.717, 1.165) is 33.4 Å². The third-order valence-corrected chi connectivity index (χ3v) is 5.09. The van der Waals surface area contributed by atoms with E-state index >= 15 is 0 Å². The lowest BCUT2D eigenvalue weighted by atomic mass is 9.93. The molecule has 1 aliphatic rings. The minimum atomic E-state index is 0.000394. The fourth-order valence-corrected chi connectivity index (χ4v) is 3.73. The van der Waals surface area contributed by atoms with Crippen LogP contribution in [0.25, 0.3) is 22.3 Å². The molecule has 0 bridgehead atoms. The molecule has 0 unspecified atom stereocenters. The zero-order valence-corrected chi connectivity index (χ0v) is 15.7. The molecule has 0 saturated heterocycles. The van der Waals surface area contributed by atoms with Crippen molar-refractivity contribution in [2.24, 2.45) is 0 Å². The van der Waals surface area contributed by atoms with E-state index in [1.54, 1.807) is 36.4 Å². The summed E-state index contributed by atoms with van der Waals surface area (Å²) in [6, 6.07) is 10.2. The van der Waals surface area contributed by atoms with Crippen LogP contribution in [0.3, 0.4) is 0 Å². The molecule has 0 aromatic heterocycles. The molecule has 6 nitrogen and oxygen atoms in total. The van der Waals surface area contributed by atoms with Crippen LogP contribution >= 0.6 is 0 Å². The van der Waals surface area contributed by atoms with E-state index in [4.69, 9.17) is 14.2 Å². The number of methoxy groups -OCH3 is 3. The molecular formula is C22H20O6. The molecule has 4 rings (SSSR count). The highest BCUT2D eigenvalue weighted by molar-refractivity contribution is 5.92. The van der Waals surface area contributed by atoms with Crippen molar-refractivity contribution in [3.05, 3.63) is 47.5 Å². The number of fused-ring (bicyclic) bond motifs is 5. The molecule has 3 N–H and O–H groups in total. The third-order valence-electron chi connectivity index (χ3n) is 5.09. The second kappa shape index (κ2) is 6.56. The predicted octanol–water partition coefficient (Wildman–Crippen LogP) is 4.07. The summed E-state index contributed by atoms with van der Waals surface area (Å²) in [5.74, 6) is 1.09. The molecule has 3 aromatic carbocycles. The normalized spacial score (nSPS) is 11.7. The number of rotatable bonds is 3. The zero-order valence-electron chi connectivity index (χ0n) is 15.7. The topological polar surface area (TPSA) is 88.4 Å². The summed E-state index contributed by atoms with van der Waals surface area (Å²) < 4.78 is 15.8. The Hall–Kier alpha value is -3.54. The number of aromatic hydroxyl groups is 3. The Bertz CT molecular complexity index is 1090. The molecule has 0 fully saturated rings. The van der Waals surface area contributed by atoms with Crippen molar-refractivity contribution in [3.63, 3.8) is 0 Å². The van der Waals surface area contributed by atoms with Crippen molar-refractivity contribution in [1.82, 2.24) is 0 Å². The molecule has 0 atom stereocenters. The van der Waals surface area contributed by atoms with Gasteiger partial charge in [-0.25, -0.2) is 0 Å². The second-order valence-electron chi connectivity index (χ2n) is 6.61. The Balaban J connectivity index is 2.11. The fraction of sp³-hybridized carbons (Fsp3) is 0.182. The lowest BCUT2D eigenvalue weighted by Gasteiger charge is -2.15. The predicted molar refractivity (Wildman–Crippen MR) is 105 cm³/mol. The minimum absolute atomic E-state index is 0.000394. The Kier molecular flexibility index (Phi) is 4.19. The molecule has 0 saturated carbocycles.